The smallest absolute Gasteiger partial charge is 0.226 e. The number of nitrogens with zero attached hydrogens (tertiary/aromatic N) is 4. The van der Waals surface area contributed by atoms with Crippen LogP contribution in [-0.4, -0.2) is 59.4 Å². The third-order valence-electron chi connectivity index (χ3n) is 6.32. The Bertz CT molecular complexity index is 670. The Morgan fingerprint density at radius 3 is 2.65 bits per heavy atom. The number of fused-ring (bicyclic) bond motifs is 1. The molecule has 0 aromatic carbocycles. The molecule has 0 bridgehead atoms. The van der Waals surface area contributed by atoms with Gasteiger partial charge in [0.2, 0.25) is 5.91 Å². The van der Waals surface area contributed by atoms with Gasteiger partial charge in [0.25, 0.3) is 0 Å². The highest BCUT2D eigenvalue weighted by molar-refractivity contribution is 5.79. The Morgan fingerprint density at radius 2 is 1.92 bits per heavy atom. The van der Waals surface area contributed by atoms with Crippen molar-refractivity contribution in [2.75, 3.05) is 39.0 Å². The number of piperidine rings is 1. The molecule has 1 saturated heterocycles. The van der Waals surface area contributed by atoms with E-state index in [9.17, 15) is 4.79 Å². The van der Waals surface area contributed by atoms with Gasteiger partial charge in [-0.1, -0.05) is 12.8 Å². The lowest BCUT2D eigenvalue weighted by atomic mass is 9.96. The molecule has 6 heteroatoms. The van der Waals surface area contributed by atoms with Gasteiger partial charge in [0, 0.05) is 37.5 Å². The van der Waals surface area contributed by atoms with E-state index in [0.717, 1.165) is 62.7 Å². The summed E-state index contributed by atoms with van der Waals surface area (Å²) in [6, 6.07) is 0. The molecule has 2 aliphatic heterocycles. The van der Waals surface area contributed by atoms with Crippen molar-refractivity contribution >= 4 is 11.7 Å². The molecular weight excluding hydrogens is 326 g/mol. The second kappa shape index (κ2) is 7.51. The van der Waals surface area contributed by atoms with E-state index in [-0.39, 0.29) is 5.92 Å². The van der Waals surface area contributed by atoms with Gasteiger partial charge in [0.15, 0.2) is 0 Å². The number of hydrogen-bond acceptors (Lipinski definition) is 5. The highest BCUT2D eigenvalue weighted by Crippen LogP contribution is 2.32. The number of carbonyl (C=O) groups excluding carboxylic acids is 1. The lowest BCUT2D eigenvalue weighted by Gasteiger charge is -2.33. The van der Waals surface area contributed by atoms with Gasteiger partial charge in [-0.15, -0.1) is 0 Å². The molecule has 1 N–H and O–H groups in total. The number of hydrogen-bond donors (Lipinski definition) is 1. The number of aromatic nitrogens is 2. The van der Waals surface area contributed by atoms with Gasteiger partial charge < -0.3 is 15.1 Å². The Morgan fingerprint density at radius 1 is 1.12 bits per heavy atom. The maximum atomic E-state index is 12.9. The van der Waals surface area contributed by atoms with Crippen molar-refractivity contribution in [3.05, 3.63) is 17.1 Å². The maximum absolute atomic E-state index is 12.9. The zero-order valence-corrected chi connectivity index (χ0v) is 16.1. The van der Waals surface area contributed by atoms with Gasteiger partial charge in [0.1, 0.15) is 11.6 Å². The number of rotatable bonds is 3. The molecule has 3 heterocycles. The van der Waals surface area contributed by atoms with Crippen molar-refractivity contribution in [2.24, 2.45) is 5.92 Å². The largest absolute Gasteiger partial charge is 0.373 e. The van der Waals surface area contributed by atoms with Crippen LogP contribution in [0.4, 0.5) is 5.82 Å². The maximum Gasteiger partial charge on any atom is 0.226 e. The van der Waals surface area contributed by atoms with Gasteiger partial charge in [-0.2, -0.15) is 0 Å². The topological polar surface area (TPSA) is 61.4 Å². The molecular formula is C20H31N5O. The minimum atomic E-state index is 0.244. The standard InChI is InChI=1S/C20H31N5O/c1-21-19-16-9-11-25(20(26)14-6-3-4-7-14)13-17(16)22-18(23-19)15-8-5-10-24(2)12-15/h14-15H,3-13H2,1-2H3,(H,21,22,23)/t15-/m1/s1. The molecule has 2 fully saturated rings. The lowest BCUT2D eigenvalue weighted by molar-refractivity contribution is -0.136. The van der Waals surface area contributed by atoms with Gasteiger partial charge in [-0.25, -0.2) is 9.97 Å². The third kappa shape index (κ3) is 3.43. The second-order valence-electron chi connectivity index (χ2n) is 8.20. The van der Waals surface area contributed by atoms with Gasteiger partial charge in [-0.3, -0.25) is 4.79 Å². The van der Waals surface area contributed by atoms with Crippen molar-refractivity contribution in [3.63, 3.8) is 0 Å². The van der Waals surface area contributed by atoms with E-state index in [2.05, 4.69) is 17.3 Å². The molecule has 1 aromatic heterocycles. The highest BCUT2D eigenvalue weighted by Gasteiger charge is 2.32. The molecule has 1 amide bonds. The van der Waals surface area contributed by atoms with Crippen molar-refractivity contribution in [3.8, 4) is 0 Å². The summed E-state index contributed by atoms with van der Waals surface area (Å²) < 4.78 is 0. The second-order valence-corrected chi connectivity index (χ2v) is 8.20. The van der Waals surface area contributed by atoms with Crippen LogP contribution in [0.25, 0.3) is 0 Å². The molecule has 26 heavy (non-hydrogen) atoms. The minimum absolute atomic E-state index is 0.244. The van der Waals surface area contributed by atoms with E-state index in [4.69, 9.17) is 9.97 Å². The fraction of sp³-hybridized carbons (Fsp3) is 0.750. The summed E-state index contributed by atoms with van der Waals surface area (Å²) >= 11 is 0. The van der Waals surface area contributed by atoms with Crippen molar-refractivity contribution in [1.82, 2.24) is 19.8 Å². The van der Waals surface area contributed by atoms with Crippen LogP contribution in [-0.2, 0) is 17.8 Å². The molecule has 0 unspecified atom stereocenters. The minimum Gasteiger partial charge on any atom is -0.373 e. The summed E-state index contributed by atoms with van der Waals surface area (Å²) in [7, 11) is 4.11. The first-order valence-corrected chi connectivity index (χ1v) is 10.2. The number of nitrogens with one attached hydrogen (secondary N) is 1. The van der Waals surface area contributed by atoms with Crippen molar-refractivity contribution in [2.45, 2.75) is 57.4 Å². The van der Waals surface area contributed by atoms with E-state index in [1.54, 1.807) is 0 Å². The Balaban J connectivity index is 1.58. The van der Waals surface area contributed by atoms with Gasteiger partial charge in [0.05, 0.1) is 12.2 Å². The van der Waals surface area contributed by atoms with Crippen LogP contribution in [0.1, 0.15) is 61.5 Å². The average Bonchev–Trinajstić information content (AvgIpc) is 3.20. The highest BCUT2D eigenvalue weighted by atomic mass is 16.2. The summed E-state index contributed by atoms with van der Waals surface area (Å²) in [5, 5.41) is 3.28. The van der Waals surface area contributed by atoms with Crippen LogP contribution in [0.3, 0.4) is 0 Å². The normalized spacial score (nSPS) is 24.5. The number of amides is 1. The van der Waals surface area contributed by atoms with Gasteiger partial charge >= 0.3 is 0 Å². The number of anilines is 1. The molecule has 1 saturated carbocycles. The molecule has 1 atom stereocenters. The molecule has 6 nitrogen and oxygen atoms in total. The van der Waals surface area contributed by atoms with Crippen molar-refractivity contribution < 1.29 is 4.79 Å². The van der Waals surface area contributed by atoms with E-state index in [1.807, 2.05) is 11.9 Å². The Hall–Kier alpha value is -1.69. The average molecular weight is 358 g/mol. The van der Waals surface area contributed by atoms with Crippen LogP contribution >= 0.6 is 0 Å². The zero-order valence-electron chi connectivity index (χ0n) is 16.1. The molecule has 3 aliphatic rings. The summed E-state index contributed by atoms with van der Waals surface area (Å²) in [5.74, 6) is 2.90. The number of likely N-dealkylation sites (tertiary alicyclic amines) is 1. The summed E-state index contributed by atoms with van der Waals surface area (Å²) in [6.45, 7) is 3.62. The molecule has 4 rings (SSSR count). The molecule has 0 spiro atoms. The van der Waals surface area contributed by atoms with Crippen LogP contribution in [0.2, 0.25) is 0 Å². The third-order valence-corrected chi connectivity index (χ3v) is 6.32. The molecule has 142 valence electrons. The van der Waals surface area contributed by atoms with E-state index in [1.165, 1.54) is 24.8 Å². The van der Waals surface area contributed by atoms with Crippen LogP contribution in [0.5, 0.6) is 0 Å². The van der Waals surface area contributed by atoms with Crippen LogP contribution in [0.15, 0.2) is 0 Å². The molecule has 0 radical (unpaired) electrons. The summed E-state index contributed by atoms with van der Waals surface area (Å²) in [4.78, 5) is 27.1. The number of carbonyl (C=O) groups is 1. The fourth-order valence-electron chi connectivity index (χ4n) is 4.84. The number of likely N-dealkylation sites (N-methyl/N-ethyl adjacent to an activating group) is 1. The van der Waals surface area contributed by atoms with Crippen LogP contribution in [0, 0.1) is 5.92 Å². The summed E-state index contributed by atoms with van der Waals surface area (Å²) in [5.41, 5.74) is 2.26. The van der Waals surface area contributed by atoms with Crippen molar-refractivity contribution in [1.29, 1.82) is 0 Å². The SMILES string of the molecule is CNc1nc([C@@H]2CCCN(C)C2)nc2c1CCN(C(=O)C1CCCC1)C2. The predicted molar refractivity (Wildman–Crippen MR) is 102 cm³/mol. The molecule has 1 aliphatic carbocycles. The monoisotopic (exact) mass is 357 g/mol. The van der Waals surface area contributed by atoms with Crippen LogP contribution < -0.4 is 5.32 Å². The first-order chi connectivity index (χ1) is 12.7. The zero-order chi connectivity index (χ0) is 18.1. The quantitative estimate of drug-likeness (QED) is 0.900. The lowest BCUT2D eigenvalue weighted by Crippen LogP contribution is -2.40. The van der Waals surface area contributed by atoms with E-state index in [0.29, 0.717) is 18.4 Å². The summed E-state index contributed by atoms with van der Waals surface area (Å²) in [6.07, 6.45) is 7.73. The fourth-order valence-corrected chi connectivity index (χ4v) is 4.84. The van der Waals surface area contributed by atoms with E-state index >= 15 is 0 Å². The van der Waals surface area contributed by atoms with E-state index < -0.39 is 0 Å². The molecule has 1 aromatic rings. The predicted octanol–water partition coefficient (Wildman–Crippen LogP) is 2.40. The van der Waals surface area contributed by atoms with Gasteiger partial charge in [-0.05, 0) is 45.7 Å². The Kier molecular flexibility index (Phi) is 5.11. The first-order valence-electron chi connectivity index (χ1n) is 10.2. The Labute approximate surface area is 156 Å². The first kappa shape index (κ1) is 17.7.